The molecule has 4 rings (SSSR count). The predicted octanol–water partition coefficient (Wildman–Crippen LogP) is 2.30. The molecule has 8 heteroatoms. The minimum Gasteiger partial charge on any atom is -0.491 e. The number of ether oxygens (including phenoxy) is 3. The van der Waals surface area contributed by atoms with Crippen molar-refractivity contribution in [2.24, 2.45) is 0 Å². The molecule has 8 nitrogen and oxygen atoms in total. The third kappa shape index (κ3) is 2.45. The summed E-state index contributed by atoms with van der Waals surface area (Å²) in [6, 6.07) is 8.82. The van der Waals surface area contributed by atoms with Crippen LogP contribution in [0.4, 0.5) is 0 Å². The number of hydrogen-bond donors (Lipinski definition) is 0. The summed E-state index contributed by atoms with van der Waals surface area (Å²) in [5, 5.41) is 1.43. The minimum absolute atomic E-state index is 0.00417. The summed E-state index contributed by atoms with van der Waals surface area (Å²) in [7, 11) is 1.34. The van der Waals surface area contributed by atoms with Gasteiger partial charge in [0.05, 0.1) is 18.1 Å². The van der Waals surface area contributed by atoms with Crippen LogP contribution in [0.15, 0.2) is 35.1 Å². The largest absolute Gasteiger partial charge is 0.491 e. The molecular weight excluding hydrogens is 352 g/mol. The van der Waals surface area contributed by atoms with Crippen molar-refractivity contribution in [2.45, 2.75) is 13.8 Å². The number of para-hydroxylation sites is 1. The first kappa shape index (κ1) is 16.8. The van der Waals surface area contributed by atoms with Gasteiger partial charge in [0.15, 0.2) is 5.75 Å². The molecule has 0 saturated carbocycles. The molecule has 0 atom stereocenters. The zero-order valence-corrected chi connectivity index (χ0v) is 14.7. The minimum atomic E-state index is -0.666. The van der Waals surface area contributed by atoms with Gasteiger partial charge in [0.25, 0.3) is 0 Å². The van der Waals surface area contributed by atoms with Crippen LogP contribution >= 0.6 is 0 Å². The fraction of sp³-hybridized carbons (Fsp3) is 0.158. The molecule has 0 unspecified atom stereocenters. The van der Waals surface area contributed by atoms with Crippen LogP contribution in [0.1, 0.15) is 13.8 Å². The Morgan fingerprint density at radius 1 is 1.00 bits per heavy atom. The molecule has 0 saturated heterocycles. The number of esters is 2. The third-order valence-electron chi connectivity index (χ3n) is 4.14. The van der Waals surface area contributed by atoms with Gasteiger partial charge in [0.1, 0.15) is 5.52 Å². The molecule has 0 aliphatic rings. The van der Waals surface area contributed by atoms with E-state index >= 15 is 0 Å². The molecule has 0 radical (unpaired) electrons. The lowest BCUT2D eigenvalue weighted by molar-refractivity contribution is -0.133. The number of carbonyl (C=O) groups is 2. The van der Waals surface area contributed by atoms with Crippen LogP contribution < -0.4 is 19.8 Å². The molecule has 4 aromatic rings. The smallest absolute Gasteiger partial charge is 0.309 e. The average molecular weight is 366 g/mol. The molecule has 0 bridgehead atoms. The Morgan fingerprint density at radius 3 is 2.37 bits per heavy atom. The zero-order chi connectivity index (χ0) is 19.3. The number of methoxy groups -OCH3 is 1. The Morgan fingerprint density at radius 2 is 1.70 bits per heavy atom. The highest BCUT2D eigenvalue weighted by molar-refractivity contribution is 6.14. The highest BCUT2D eigenvalue weighted by atomic mass is 16.6. The molecule has 3 heterocycles. The summed E-state index contributed by atoms with van der Waals surface area (Å²) >= 11 is 0. The molecule has 0 N–H and O–H groups in total. The van der Waals surface area contributed by atoms with Crippen molar-refractivity contribution in [1.82, 2.24) is 9.38 Å². The second-order valence-corrected chi connectivity index (χ2v) is 5.91. The summed E-state index contributed by atoms with van der Waals surface area (Å²) in [6.45, 7) is 2.46. The molecule has 27 heavy (non-hydrogen) atoms. The Balaban J connectivity index is 2.28. The Labute approximate surface area is 152 Å². The second kappa shape index (κ2) is 5.94. The monoisotopic (exact) mass is 366 g/mol. The van der Waals surface area contributed by atoms with E-state index in [-0.39, 0.29) is 22.9 Å². The van der Waals surface area contributed by atoms with Crippen molar-refractivity contribution in [3.8, 4) is 17.4 Å². The molecule has 3 aromatic heterocycles. The molecule has 0 aliphatic heterocycles. The van der Waals surface area contributed by atoms with Gasteiger partial charge < -0.3 is 14.2 Å². The van der Waals surface area contributed by atoms with Gasteiger partial charge in [-0.1, -0.05) is 18.2 Å². The summed E-state index contributed by atoms with van der Waals surface area (Å²) in [6.07, 6.45) is 0. The predicted molar refractivity (Wildman–Crippen MR) is 96.8 cm³/mol. The SMILES string of the molecule is COc1c(OC(C)=O)c(=O)n2c3ccccc3c3cc(OC(C)=O)nc1c32. The molecule has 0 aliphatic carbocycles. The normalized spacial score (nSPS) is 11.2. The van der Waals surface area contributed by atoms with Crippen LogP contribution in [0.3, 0.4) is 0 Å². The molecule has 0 fully saturated rings. The second-order valence-electron chi connectivity index (χ2n) is 5.91. The first-order valence-corrected chi connectivity index (χ1v) is 8.06. The first-order chi connectivity index (χ1) is 12.9. The number of aromatic nitrogens is 2. The van der Waals surface area contributed by atoms with Crippen molar-refractivity contribution in [3.63, 3.8) is 0 Å². The van der Waals surface area contributed by atoms with Crippen LogP contribution in [0, 0.1) is 0 Å². The molecule has 0 amide bonds. The van der Waals surface area contributed by atoms with E-state index < -0.39 is 17.5 Å². The van der Waals surface area contributed by atoms with Crippen molar-refractivity contribution >= 4 is 39.3 Å². The summed E-state index contributed by atoms with van der Waals surface area (Å²) in [5.41, 5.74) is 0.811. The van der Waals surface area contributed by atoms with E-state index in [1.807, 2.05) is 12.1 Å². The zero-order valence-electron chi connectivity index (χ0n) is 14.7. The van der Waals surface area contributed by atoms with Gasteiger partial charge in [0, 0.05) is 30.7 Å². The van der Waals surface area contributed by atoms with E-state index in [4.69, 9.17) is 14.2 Å². The average Bonchev–Trinajstić information content (AvgIpc) is 2.94. The Hall–Kier alpha value is -3.68. The number of rotatable bonds is 3. The van der Waals surface area contributed by atoms with Gasteiger partial charge in [-0.2, -0.15) is 0 Å². The van der Waals surface area contributed by atoms with Crippen LogP contribution in [-0.2, 0) is 9.59 Å². The maximum Gasteiger partial charge on any atom is 0.309 e. The molecule has 0 spiro atoms. The summed E-state index contributed by atoms with van der Waals surface area (Å²) < 4.78 is 17.1. The maximum absolute atomic E-state index is 13.1. The lowest BCUT2D eigenvalue weighted by atomic mass is 10.1. The van der Waals surface area contributed by atoms with Gasteiger partial charge in [0.2, 0.25) is 11.6 Å². The molecule has 136 valence electrons. The highest BCUT2D eigenvalue weighted by Gasteiger charge is 2.25. The van der Waals surface area contributed by atoms with E-state index in [9.17, 15) is 14.4 Å². The van der Waals surface area contributed by atoms with Crippen LogP contribution in [0.5, 0.6) is 17.4 Å². The van der Waals surface area contributed by atoms with E-state index in [0.29, 0.717) is 16.4 Å². The van der Waals surface area contributed by atoms with Crippen molar-refractivity contribution in [2.75, 3.05) is 7.11 Å². The number of benzene rings is 1. The van der Waals surface area contributed by atoms with Gasteiger partial charge in [-0.3, -0.25) is 18.8 Å². The summed E-state index contributed by atoms with van der Waals surface area (Å²) in [5.74, 6) is -1.41. The van der Waals surface area contributed by atoms with E-state index in [0.717, 1.165) is 5.39 Å². The van der Waals surface area contributed by atoms with Crippen molar-refractivity contribution in [1.29, 1.82) is 0 Å². The van der Waals surface area contributed by atoms with Gasteiger partial charge in [-0.15, -0.1) is 0 Å². The van der Waals surface area contributed by atoms with Crippen molar-refractivity contribution in [3.05, 3.63) is 40.7 Å². The van der Waals surface area contributed by atoms with Crippen LogP contribution in [-0.4, -0.2) is 28.4 Å². The molecular formula is C19H14N2O6. The first-order valence-electron chi connectivity index (χ1n) is 8.06. The Kier molecular flexibility index (Phi) is 3.69. The van der Waals surface area contributed by atoms with Crippen LogP contribution in [0.25, 0.3) is 27.3 Å². The number of hydrogen-bond acceptors (Lipinski definition) is 7. The van der Waals surface area contributed by atoms with Gasteiger partial charge in [-0.05, 0) is 6.07 Å². The van der Waals surface area contributed by atoms with Gasteiger partial charge in [-0.25, -0.2) is 4.98 Å². The lowest BCUT2D eigenvalue weighted by Crippen LogP contribution is -2.19. The maximum atomic E-state index is 13.1. The van der Waals surface area contributed by atoms with Crippen LogP contribution in [0.2, 0.25) is 0 Å². The fourth-order valence-electron chi connectivity index (χ4n) is 3.26. The standard InChI is InChI=1S/C19H14N2O6/c1-9(22)26-14-8-12-11-6-4-5-7-13(11)21-16(12)15(20-14)17(25-3)18(19(21)24)27-10(2)23/h4-8H,1-3H3. The van der Waals surface area contributed by atoms with E-state index in [2.05, 4.69) is 4.98 Å². The summed E-state index contributed by atoms with van der Waals surface area (Å²) in [4.78, 5) is 40.3. The van der Waals surface area contributed by atoms with Crippen molar-refractivity contribution < 1.29 is 23.8 Å². The quantitative estimate of drug-likeness (QED) is 0.513. The fourth-order valence-corrected chi connectivity index (χ4v) is 3.26. The number of pyridine rings is 2. The number of fused-ring (bicyclic) bond motifs is 3. The lowest BCUT2D eigenvalue weighted by Gasteiger charge is -2.12. The van der Waals surface area contributed by atoms with Gasteiger partial charge >= 0.3 is 17.5 Å². The number of nitrogens with zero attached hydrogens (tertiary/aromatic N) is 2. The van der Waals surface area contributed by atoms with E-state index in [1.165, 1.54) is 25.4 Å². The van der Waals surface area contributed by atoms with E-state index in [1.54, 1.807) is 18.2 Å². The topological polar surface area (TPSA) is 96.2 Å². The number of carbonyl (C=O) groups excluding carboxylic acids is 2. The highest BCUT2D eigenvalue weighted by Crippen LogP contribution is 2.39. The third-order valence-corrected chi connectivity index (χ3v) is 4.14. The Bertz CT molecular complexity index is 1290. The molecule has 1 aromatic carbocycles.